The molecule has 0 aliphatic carbocycles. The number of carbonyl (C=O) groups is 1. The number of anilines is 1. The van der Waals surface area contributed by atoms with Crippen molar-refractivity contribution in [2.24, 2.45) is 5.92 Å². The third-order valence-corrected chi connectivity index (χ3v) is 7.04. The molecule has 0 bridgehead atoms. The zero-order valence-electron chi connectivity index (χ0n) is 16.3. The van der Waals surface area contributed by atoms with Gasteiger partial charge in [0.05, 0.1) is 11.7 Å². The van der Waals surface area contributed by atoms with Crippen LogP contribution >= 0.6 is 0 Å². The van der Waals surface area contributed by atoms with Crippen molar-refractivity contribution in [2.45, 2.75) is 18.6 Å². The zero-order valence-corrected chi connectivity index (χ0v) is 17.2. The highest BCUT2D eigenvalue weighted by atomic mass is 32.2. The third kappa shape index (κ3) is 4.73. The van der Waals surface area contributed by atoms with E-state index in [4.69, 9.17) is 9.47 Å². The van der Waals surface area contributed by atoms with Gasteiger partial charge in [0.1, 0.15) is 19.0 Å². The lowest BCUT2D eigenvalue weighted by atomic mass is 9.98. The van der Waals surface area contributed by atoms with E-state index >= 15 is 0 Å². The summed E-state index contributed by atoms with van der Waals surface area (Å²) in [5.41, 5.74) is 1.09. The van der Waals surface area contributed by atoms with E-state index < -0.39 is 21.8 Å². The van der Waals surface area contributed by atoms with Crippen molar-refractivity contribution in [2.75, 3.05) is 31.6 Å². The molecule has 0 saturated carbocycles. The van der Waals surface area contributed by atoms with Crippen LogP contribution in [0.3, 0.4) is 0 Å². The highest BCUT2D eigenvalue weighted by Gasteiger charge is 2.32. The second kappa shape index (κ2) is 8.61. The minimum atomic E-state index is -3.61. The maximum Gasteiger partial charge on any atom is 0.228 e. The van der Waals surface area contributed by atoms with Gasteiger partial charge in [-0.2, -0.15) is 0 Å². The first-order valence-corrected chi connectivity index (χ1v) is 11.4. The summed E-state index contributed by atoms with van der Waals surface area (Å²) < 4.78 is 51.0. The minimum Gasteiger partial charge on any atom is -0.486 e. The molecule has 2 aromatic carbocycles. The summed E-state index contributed by atoms with van der Waals surface area (Å²) >= 11 is 0. The van der Waals surface area contributed by atoms with Crippen molar-refractivity contribution in [1.29, 1.82) is 0 Å². The molecule has 1 saturated heterocycles. The number of ether oxygens (including phenoxy) is 2. The van der Waals surface area contributed by atoms with Crippen molar-refractivity contribution in [3.63, 3.8) is 0 Å². The highest BCUT2D eigenvalue weighted by Crippen LogP contribution is 2.33. The lowest BCUT2D eigenvalue weighted by Crippen LogP contribution is -2.44. The normalized spacial score (nSPS) is 19.3. The van der Waals surface area contributed by atoms with E-state index in [2.05, 4.69) is 5.32 Å². The van der Waals surface area contributed by atoms with Crippen molar-refractivity contribution in [1.82, 2.24) is 4.31 Å². The minimum absolute atomic E-state index is 0.125. The topological polar surface area (TPSA) is 84.9 Å². The van der Waals surface area contributed by atoms with Gasteiger partial charge in [-0.15, -0.1) is 0 Å². The summed E-state index contributed by atoms with van der Waals surface area (Å²) in [6.45, 7) is 1.44. The van der Waals surface area contributed by atoms with E-state index in [1.54, 1.807) is 18.2 Å². The molecular weight excluding hydrogens is 411 g/mol. The van der Waals surface area contributed by atoms with Gasteiger partial charge >= 0.3 is 0 Å². The van der Waals surface area contributed by atoms with E-state index in [1.165, 1.54) is 28.6 Å². The molecule has 1 N–H and O–H groups in total. The Balaban J connectivity index is 1.40. The van der Waals surface area contributed by atoms with Gasteiger partial charge < -0.3 is 14.8 Å². The van der Waals surface area contributed by atoms with Crippen LogP contribution in [0.5, 0.6) is 11.5 Å². The Bertz CT molecular complexity index is 1030. The molecule has 9 heteroatoms. The molecule has 0 aromatic heterocycles. The first-order chi connectivity index (χ1) is 14.4. The Kier molecular flexibility index (Phi) is 5.92. The number of halogens is 1. The molecule has 1 atom stereocenters. The number of fused-ring (bicyclic) bond motifs is 1. The Hall–Kier alpha value is -2.65. The third-order valence-electron chi connectivity index (χ3n) is 5.22. The molecule has 2 aliphatic heterocycles. The molecule has 1 unspecified atom stereocenters. The van der Waals surface area contributed by atoms with Crippen LogP contribution in [0.4, 0.5) is 10.1 Å². The number of amides is 1. The number of nitrogens with zero attached hydrogens (tertiary/aromatic N) is 1. The van der Waals surface area contributed by atoms with Gasteiger partial charge in [0, 0.05) is 24.8 Å². The molecule has 0 spiro atoms. The average Bonchev–Trinajstić information content (AvgIpc) is 2.75. The number of hydrogen-bond donors (Lipinski definition) is 1. The van der Waals surface area contributed by atoms with Crippen LogP contribution in [0.2, 0.25) is 0 Å². The number of benzene rings is 2. The number of carbonyl (C=O) groups excluding carboxylic acids is 1. The van der Waals surface area contributed by atoms with E-state index in [0.29, 0.717) is 55.4 Å². The second-order valence-corrected chi connectivity index (χ2v) is 9.40. The Morgan fingerprint density at radius 2 is 1.83 bits per heavy atom. The van der Waals surface area contributed by atoms with Crippen molar-refractivity contribution < 1.29 is 27.1 Å². The first-order valence-electron chi connectivity index (χ1n) is 9.83. The van der Waals surface area contributed by atoms with Gasteiger partial charge in [0.25, 0.3) is 0 Å². The van der Waals surface area contributed by atoms with Crippen molar-refractivity contribution in [3.8, 4) is 11.5 Å². The van der Waals surface area contributed by atoms with Gasteiger partial charge in [-0.3, -0.25) is 4.79 Å². The molecule has 30 heavy (non-hydrogen) atoms. The van der Waals surface area contributed by atoms with Crippen LogP contribution in [0.25, 0.3) is 0 Å². The standard InChI is InChI=1S/C21H23FN2O5S/c22-17-5-3-15(4-6-17)14-30(26,27)24-9-1-2-16(13-24)21(25)23-18-7-8-19-20(12-18)29-11-10-28-19/h3-8,12,16H,1-2,9-11,13-14H2,(H,23,25). The predicted molar refractivity (Wildman–Crippen MR) is 109 cm³/mol. The van der Waals surface area contributed by atoms with Crippen LogP contribution < -0.4 is 14.8 Å². The lowest BCUT2D eigenvalue weighted by Gasteiger charge is -2.31. The smallest absolute Gasteiger partial charge is 0.228 e. The Morgan fingerprint density at radius 1 is 1.10 bits per heavy atom. The average molecular weight is 434 g/mol. The highest BCUT2D eigenvalue weighted by molar-refractivity contribution is 7.88. The molecular formula is C21H23FN2O5S. The molecule has 4 rings (SSSR count). The fourth-order valence-electron chi connectivity index (χ4n) is 3.66. The van der Waals surface area contributed by atoms with Crippen LogP contribution in [0.1, 0.15) is 18.4 Å². The summed E-state index contributed by atoms with van der Waals surface area (Å²) in [6, 6.07) is 10.6. The fourth-order valence-corrected chi connectivity index (χ4v) is 5.27. The number of piperidine rings is 1. The molecule has 1 amide bonds. The molecule has 2 aliphatic rings. The van der Waals surface area contributed by atoms with Gasteiger partial charge in [-0.1, -0.05) is 12.1 Å². The molecule has 160 valence electrons. The summed E-state index contributed by atoms with van der Waals surface area (Å²) in [7, 11) is -3.61. The molecule has 2 aromatic rings. The maximum atomic E-state index is 13.1. The lowest BCUT2D eigenvalue weighted by molar-refractivity contribution is -0.120. The monoisotopic (exact) mass is 434 g/mol. The summed E-state index contributed by atoms with van der Waals surface area (Å²) in [5.74, 6) is -0.0986. The van der Waals surface area contributed by atoms with Crippen LogP contribution in [-0.2, 0) is 20.6 Å². The quantitative estimate of drug-likeness (QED) is 0.782. The second-order valence-electron chi connectivity index (χ2n) is 7.43. The van der Waals surface area contributed by atoms with Crippen molar-refractivity contribution in [3.05, 3.63) is 53.8 Å². The number of sulfonamides is 1. The van der Waals surface area contributed by atoms with E-state index in [1.807, 2.05) is 0 Å². The van der Waals surface area contributed by atoms with Crippen LogP contribution in [-0.4, -0.2) is 44.9 Å². The maximum absolute atomic E-state index is 13.1. The van der Waals surface area contributed by atoms with Crippen LogP contribution in [0.15, 0.2) is 42.5 Å². The van der Waals surface area contributed by atoms with E-state index in [-0.39, 0.29) is 18.2 Å². The summed E-state index contributed by atoms with van der Waals surface area (Å²) in [6.07, 6.45) is 1.21. The molecule has 1 fully saturated rings. The van der Waals surface area contributed by atoms with Crippen molar-refractivity contribution >= 4 is 21.6 Å². The molecule has 2 heterocycles. The number of nitrogens with one attached hydrogen (secondary N) is 1. The SMILES string of the molecule is O=C(Nc1ccc2c(c1)OCCO2)C1CCCN(S(=O)(=O)Cc2ccc(F)cc2)C1. The van der Waals surface area contributed by atoms with Gasteiger partial charge in [0.15, 0.2) is 11.5 Å². The fraction of sp³-hybridized carbons (Fsp3) is 0.381. The van der Waals surface area contributed by atoms with Gasteiger partial charge in [0.2, 0.25) is 15.9 Å². The predicted octanol–water partition coefficient (Wildman–Crippen LogP) is 2.78. The number of rotatable bonds is 5. The Labute approximate surface area is 174 Å². The van der Waals surface area contributed by atoms with E-state index in [9.17, 15) is 17.6 Å². The summed E-state index contributed by atoms with van der Waals surface area (Å²) in [5, 5.41) is 2.85. The van der Waals surface area contributed by atoms with Crippen LogP contribution in [0, 0.1) is 11.7 Å². The molecule has 0 radical (unpaired) electrons. The number of hydrogen-bond acceptors (Lipinski definition) is 5. The zero-order chi connectivity index (χ0) is 21.1. The molecule has 7 nitrogen and oxygen atoms in total. The first kappa shape index (κ1) is 20.6. The van der Waals surface area contributed by atoms with E-state index in [0.717, 1.165) is 0 Å². The summed E-state index contributed by atoms with van der Waals surface area (Å²) in [4.78, 5) is 12.8. The van der Waals surface area contributed by atoms with Gasteiger partial charge in [-0.05, 0) is 42.7 Å². The largest absolute Gasteiger partial charge is 0.486 e. The van der Waals surface area contributed by atoms with Gasteiger partial charge in [-0.25, -0.2) is 17.1 Å². The Morgan fingerprint density at radius 3 is 2.60 bits per heavy atom.